The molecule has 1 amide bonds. The number of halogens is 1. The first-order chi connectivity index (χ1) is 4.41. The zero-order valence-corrected chi connectivity index (χ0v) is 7.61. The zero-order chi connectivity index (χ0) is 8.36. The quantitative estimate of drug-likeness (QED) is 0.584. The molecule has 0 aliphatic heterocycles. The molecule has 0 bridgehead atoms. The molecule has 0 aliphatic rings. The van der Waals surface area contributed by atoms with Gasteiger partial charge >= 0.3 is 10.3 Å². The van der Waals surface area contributed by atoms with Gasteiger partial charge in [-0.2, -0.15) is 18.6 Å². The van der Waals surface area contributed by atoms with Gasteiger partial charge in [-0.1, -0.05) is 0 Å². The molecule has 8 heteroatoms. The van der Waals surface area contributed by atoms with E-state index in [4.69, 9.17) is 0 Å². The van der Waals surface area contributed by atoms with E-state index in [1.807, 2.05) is 0 Å². The molecule has 6 nitrogen and oxygen atoms in total. The number of hydrogen-bond donors (Lipinski definition) is 1. The third-order valence-corrected chi connectivity index (χ3v) is 2.07. The molecule has 68 valence electrons. The zero-order valence-electron chi connectivity index (χ0n) is 5.97. The Labute approximate surface area is 70.9 Å². The van der Waals surface area contributed by atoms with Crippen molar-refractivity contribution in [2.45, 2.75) is 6.92 Å². The number of rotatable bonds is 2. The fourth-order valence-electron chi connectivity index (χ4n) is 0.222. The Balaban J connectivity index is 0. The topological polar surface area (TPSA) is 89.7 Å². The predicted octanol–water partition coefficient (Wildman–Crippen LogP) is -0.978. The van der Waals surface area contributed by atoms with E-state index in [0.29, 0.717) is 4.31 Å². The first-order valence-corrected chi connectivity index (χ1v) is 3.66. The van der Waals surface area contributed by atoms with Crippen LogP contribution in [0.5, 0.6) is 0 Å². The highest BCUT2D eigenvalue weighted by molar-refractivity contribution is 7.84. The van der Waals surface area contributed by atoms with Gasteiger partial charge in [-0.25, -0.2) is 4.31 Å². The van der Waals surface area contributed by atoms with Crippen LogP contribution in [0.25, 0.3) is 0 Å². The summed E-state index contributed by atoms with van der Waals surface area (Å²) in [5.41, 5.74) is 0. The van der Waals surface area contributed by atoms with Crippen molar-refractivity contribution < 1.29 is 17.5 Å². The minimum Gasteiger partial charge on any atom is -0.274 e. The molecule has 0 saturated carbocycles. The van der Waals surface area contributed by atoms with Crippen molar-refractivity contribution in [2.24, 2.45) is 5.90 Å². The van der Waals surface area contributed by atoms with Gasteiger partial charge in [-0.3, -0.25) is 4.79 Å². The molecule has 0 aromatic carbocycles. The summed E-state index contributed by atoms with van der Waals surface area (Å²) in [4.78, 5) is 10.4. The second-order valence-corrected chi connectivity index (χ2v) is 3.14. The number of hydrogen-bond acceptors (Lipinski definition) is 5. The SMILES string of the molecule is CC(=O)N(C)S(=O)(=O)ON.Cl. The molecule has 0 atom stereocenters. The maximum atomic E-state index is 10.5. The Bertz CT molecular complexity index is 225. The van der Waals surface area contributed by atoms with E-state index in [2.05, 4.69) is 10.2 Å². The van der Waals surface area contributed by atoms with E-state index in [9.17, 15) is 13.2 Å². The molecule has 0 spiro atoms. The summed E-state index contributed by atoms with van der Waals surface area (Å²) in [6, 6.07) is 0. The number of amides is 1. The number of nitrogens with zero attached hydrogens (tertiary/aromatic N) is 1. The lowest BCUT2D eigenvalue weighted by molar-refractivity contribution is -0.123. The molecule has 0 aliphatic carbocycles. The lowest BCUT2D eigenvalue weighted by atomic mass is 10.7. The van der Waals surface area contributed by atoms with Crippen LogP contribution >= 0.6 is 12.4 Å². The fourth-order valence-corrected chi connectivity index (χ4v) is 0.666. The van der Waals surface area contributed by atoms with E-state index < -0.39 is 16.2 Å². The smallest absolute Gasteiger partial charge is 0.274 e. The maximum absolute atomic E-state index is 10.5. The highest BCUT2D eigenvalue weighted by Crippen LogP contribution is 1.95. The predicted molar refractivity (Wildman–Crippen MR) is 39.9 cm³/mol. The molecule has 0 radical (unpaired) electrons. The van der Waals surface area contributed by atoms with Gasteiger partial charge < -0.3 is 0 Å². The summed E-state index contributed by atoms with van der Waals surface area (Å²) >= 11 is 0. The normalized spacial score (nSPS) is 10.1. The molecule has 2 N–H and O–H groups in total. The standard InChI is InChI=1S/C3H8N2O4S.ClH/c1-3(6)5(2)10(7,8)9-4;/h4H2,1-2H3;1H. The van der Waals surface area contributed by atoms with Crippen molar-refractivity contribution in [3.05, 3.63) is 0 Å². The molecule has 0 rings (SSSR count). The van der Waals surface area contributed by atoms with Crippen LogP contribution in [0, 0.1) is 0 Å². The van der Waals surface area contributed by atoms with Crippen molar-refractivity contribution in [3.8, 4) is 0 Å². The first-order valence-electron chi connectivity index (χ1n) is 2.29. The summed E-state index contributed by atoms with van der Waals surface area (Å²) in [5.74, 6) is 3.70. The third kappa shape index (κ3) is 3.51. The van der Waals surface area contributed by atoms with Crippen molar-refractivity contribution in [1.82, 2.24) is 4.31 Å². The molecule has 11 heavy (non-hydrogen) atoms. The average molecular weight is 205 g/mol. The van der Waals surface area contributed by atoms with E-state index in [1.54, 1.807) is 0 Å². The van der Waals surface area contributed by atoms with Crippen LogP contribution in [-0.2, 0) is 19.4 Å². The van der Waals surface area contributed by atoms with Crippen LogP contribution in [0.4, 0.5) is 0 Å². The summed E-state index contributed by atoms with van der Waals surface area (Å²) in [6.07, 6.45) is 0. The van der Waals surface area contributed by atoms with Gasteiger partial charge in [0.2, 0.25) is 5.91 Å². The Morgan fingerprint density at radius 3 is 2.00 bits per heavy atom. The number of carbonyl (C=O) groups is 1. The van der Waals surface area contributed by atoms with Gasteiger partial charge in [-0.05, 0) is 0 Å². The fraction of sp³-hybridized carbons (Fsp3) is 0.667. The molecular weight excluding hydrogens is 196 g/mol. The molecule has 0 heterocycles. The largest absolute Gasteiger partial charge is 0.380 e. The molecule has 0 aromatic rings. The number of nitrogens with two attached hydrogens (primary N) is 1. The Hall–Kier alpha value is -0.370. The van der Waals surface area contributed by atoms with Crippen LogP contribution in [0.1, 0.15) is 6.92 Å². The maximum Gasteiger partial charge on any atom is 0.380 e. The minimum atomic E-state index is -4.04. The van der Waals surface area contributed by atoms with E-state index in [-0.39, 0.29) is 12.4 Å². The minimum absolute atomic E-state index is 0. The van der Waals surface area contributed by atoms with E-state index in [0.717, 1.165) is 14.0 Å². The summed E-state index contributed by atoms with van der Waals surface area (Å²) in [5, 5.41) is 0. The number of carbonyl (C=O) groups excluding carboxylic acids is 1. The van der Waals surface area contributed by atoms with Crippen LogP contribution in [-0.4, -0.2) is 25.7 Å². The Morgan fingerprint density at radius 1 is 1.55 bits per heavy atom. The molecule has 0 aromatic heterocycles. The van der Waals surface area contributed by atoms with E-state index in [1.165, 1.54) is 0 Å². The third-order valence-electron chi connectivity index (χ3n) is 0.900. The lowest BCUT2D eigenvalue weighted by Crippen LogP contribution is -2.34. The van der Waals surface area contributed by atoms with Crippen molar-refractivity contribution in [1.29, 1.82) is 0 Å². The molecule has 0 unspecified atom stereocenters. The van der Waals surface area contributed by atoms with Gasteiger partial charge in [0.1, 0.15) is 0 Å². The van der Waals surface area contributed by atoms with Crippen LogP contribution in [0.2, 0.25) is 0 Å². The van der Waals surface area contributed by atoms with Gasteiger partial charge in [0.25, 0.3) is 0 Å². The van der Waals surface area contributed by atoms with Gasteiger partial charge in [0, 0.05) is 14.0 Å². The lowest BCUT2D eigenvalue weighted by Gasteiger charge is -2.10. The van der Waals surface area contributed by atoms with Crippen molar-refractivity contribution >= 4 is 28.6 Å². The highest BCUT2D eigenvalue weighted by atomic mass is 35.5. The van der Waals surface area contributed by atoms with Crippen molar-refractivity contribution in [2.75, 3.05) is 7.05 Å². The first kappa shape index (κ1) is 13.2. The van der Waals surface area contributed by atoms with Gasteiger partial charge in [-0.15, -0.1) is 12.4 Å². The Kier molecular flexibility index (Phi) is 5.41. The van der Waals surface area contributed by atoms with Crippen molar-refractivity contribution in [3.63, 3.8) is 0 Å². The molecule has 0 saturated heterocycles. The van der Waals surface area contributed by atoms with E-state index >= 15 is 0 Å². The molecular formula is C3H9ClN2O4S. The van der Waals surface area contributed by atoms with Crippen LogP contribution in [0.15, 0.2) is 0 Å². The summed E-state index contributed by atoms with van der Waals surface area (Å²) in [6.45, 7) is 1.08. The molecule has 0 fully saturated rings. The van der Waals surface area contributed by atoms with Crippen LogP contribution in [0.3, 0.4) is 0 Å². The highest BCUT2D eigenvalue weighted by Gasteiger charge is 2.19. The Morgan fingerprint density at radius 2 is 1.91 bits per heavy atom. The average Bonchev–Trinajstić information content (AvgIpc) is 1.86. The summed E-state index contributed by atoms with van der Waals surface area (Å²) in [7, 11) is -2.99. The summed E-state index contributed by atoms with van der Waals surface area (Å²) < 4.78 is 24.9. The van der Waals surface area contributed by atoms with Gasteiger partial charge in [0.15, 0.2) is 0 Å². The van der Waals surface area contributed by atoms with Gasteiger partial charge in [0.05, 0.1) is 0 Å². The van der Waals surface area contributed by atoms with Crippen LogP contribution < -0.4 is 5.90 Å². The second-order valence-electron chi connectivity index (χ2n) is 1.54. The second kappa shape index (κ2) is 4.50. The monoisotopic (exact) mass is 204 g/mol.